The van der Waals surface area contributed by atoms with Gasteiger partial charge in [0.25, 0.3) is 10.1 Å². The fraction of sp³-hybridized carbons (Fsp3) is 1.00. The Hall–Kier alpha value is 0.127. The fourth-order valence-electron chi connectivity index (χ4n) is 2.35. The molecule has 0 amide bonds. The van der Waals surface area contributed by atoms with E-state index in [9.17, 15) is 8.42 Å². The molecule has 0 aromatic rings. The van der Waals surface area contributed by atoms with Gasteiger partial charge in [-0.2, -0.15) is 8.42 Å². The topological polar surface area (TPSA) is 54.4 Å². The molecule has 0 saturated heterocycles. The van der Waals surface area contributed by atoms with E-state index in [2.05, 4.69) is 19.6 Å². The van der Waals surface area contributed by atoms with Crippen LogP contribution in [0, 0.1) is 0 Å². The van der Waals surface area contributed by atoms with Gasteiger partial charge in [0, 0.05) is 8.07 Å². The second-order valence-electron chi connectivity index (χ2n) is 7.13. The minimum absolute atomic E-state index is 0.0793. The first-order chi connectivity index (χ1) is 9.21. The Bertz CT molecular complexity index is 321. The molecule has 0 aromatic carbocycles. The number of hydrogen-bond acceptors (Lipinski definition) is 2. The Morgan fingerprint density at radius 2 is 1.05 bits per heavy atom. The van der Waals surface area contributed by atoms with Gasteiger partial charge in [0.2, 0.25) is 0 Å². The smallest absolute Gasteiger partial charge is 0.264 e. The van der Waals surface area contributed by atoms with Crippen molar-refractivity contribution in [3.8, 4) is 0 Å². The van der Waals surface area contributed by atoms with Crippen molar-refractivity contribution in [2.75, 3.05) is 5.75 Å². The second kappa shape index (κ2) is 10.8. The summed E-state index contributed by atoms with van der Waals surface area (Å²) in [4.78, 5) is 0. The van der Waals surface area contributed by atoms with Crippen LogP contribution in [-0.4, -0.2) is 26.8 Å². The first kappa shape index (κ1) is 20.1. The summed E-state index contributed by atoms with van der Waals surface area (Å²) < 4.78 is 29.6. The minimum atomic E-state index is -3.74. The standard InChI is InChI=1S/C15H34O3SSi/c1-20(2,3)15-13-11-9-7-5-4-6-8-10-12-14-19(16,17)18/h4-15H2,1-3H3,(H,16,17,18). The van der Waals surface area contributed by atoms with E-state index in [0.29, 0.717) is 6.42 Å². The molecular formula is C15H34O3SSi. The van der Waals surface area contributed by atoms with Gasteiger partial charge in [0.05, 0.1) is 5.75 Å². The first-order valence-electron chi connectivity index (χ1n) is 8.16. The molecule has 0 radical (unpaired) electrons. The summed E-state index contributed by atoms with van der Waals surface area (Å²) >= 11 is 0. The van der Waals surface area contributed by atoms with Gasteiger partial charge in [0.15, 0.2) is 0 Å². The van der Waals surface area contributed by atoms with Crippen LogP contribution in [0.2, 0.25) is 25.7 Å². The highest BCUT2D eigenvalue weighted by Gasteiger charge is 2.11. The maximum Gasteiger partial charge on any atom is 0.264 e. The van der Waals surface area contributed by atoms with Crippen molar-refractivity contribution >= 4 is 18.2 Å². The van der Waals surface area contributed by atoms with Crippen molar-refractivity contribution in [1.82, 2.24) is 0 Å². The molecule has 0 aliphatic carbocycles. The van der Waals surface area contributed by atoms with E-state index in [0.717, 1.165) is 12.8 Å². The van der Waals surface area contributed by atoms with Gasteiger partial charge in [-0.1, -0.05) is 83.5 Å². The lowest BCUT2D eigenvalue weighted by Gasteiger charge is -2.14. The predicted molar refractivity (Wildman–Crippen MR) is 90.7 cm³/mol. The van der Waals surface area contributed by atoms with Crippen LogP contribution in [-0.2, 0) is 10.1 Å². The van der Waals surface area contributed by atoms with E-state index in [-0.39, 0.29) is 5.75 Å². The third kappa shape index (κ3) is 18.1. The summed E-state index contributed by atoms with van der Waals surface area (Å²) in [5.41, 5.74) is 0. The van der Waals surface area contributed by atoms with Crippen LogP contribution in [0.25, 0.3) is 0 Å². The highest BCUT2D eigenvalue weighted by atomic mass is 32.2. The van der Waals surface area contributed by atoms with Gasteiger partial charge in [-0.25, -0.2) is 0 Å². The fourth-order valence-corrected chi connectivity index (χ4v) is 4.23. The highest BCUT2D eigenvalue weighted by molar-refractivity contribution is 7.85. The molecule has 0 spiro atoms. The number of rotatable bonds is 13. The van der Waals surface area contributed by atoms with Crippen molar-refractivity contribution in [1.29, 1.82) is 0 Å². The average Bonchev–Trinajstić information content (AvgIpc) is 2.27. The molecule has 0 aromatic heterocycles. The first-order valence-corrected chi connectivity index (χ1v) is 13.5. The summed E-state index contributed by atoms with van der Waals surface area (Å²) in [7, 11) is -4.57. The SMILES string of the molecule is C[Si](C)(C)CCCCCCCCCCCCS(=O)(=O)O. The van der Waals surface area contributed by atoms with Crippen molar-refractivity contribution in [3.05, 3.63) is 0 Å². The lowest BCUT2D eigenvalue weighted by atomic mass is 10.1. The molecule has 0 unspecified atom stereocenters. The molecule has 3 nitrogen and oxygen atoms in total. The van der Waals surface area contributed by atoms with Crippen molar-refractivity contribution in [2.45, 2.75) is 89.9 Å². The average molecular weight is 323 g/mol. The molecule has 1 N–H and O–H groups in total. The largest absolute Gasteiger partial charge is 0.286 e. The Kier molecular flexibility index (Phi) is 10.9. The molecule has 0 fully saturated rings. The van der Waals surface area contributed by atoms with E-state index >= 15 is 0 Å². The van der Waals surface area contributed by atoms with Gasteiger partial charge in [-0.3, -0.25) is 4.55 Å². The summed E-state index contributed by atoms with van der Waals surface area (Å²) in [5.74, 6) is -0.0793. The second-order valence-corrected chi connectivity index (χ2v) is 14.3. The van der Waals surface area contributed by atoms with Crippen LogP contribution >= 0.6 is 0 Å². The van der Waals surface area contributed by atoms with Crippen LogP contribution in [0.1, 0.15) is 64.2 Å². The molecule has 5 heteroatoms. The third-order valence-corrected chi connectivity index (χ3v) is 6.24. The Morgan fingerprint density at radius 1 is 0.700 bits per heavy atom. The zero-order valence-electron chi connectivity index (χ0n) is 13.7. The Morgan fingerprint density at radius 3 is 1.40 bits per heavy atom. The van der Waals surface area contributed by atoms with Gasteiger partial charge >= 0.3 is 0 Å². The predicted octanol–water partition coefficient (Wildman–Crippen LogP) is 5.11. The molecule has 0 aliphatic heterocycles. The van der Waals surface area contributed by atoms with Gasteiger partial charge in [-0.15, -0.1) is 0 Å². The summed E-state index contributed by atoms with van der Waals surface area (Å²) in [6, 6.07) is 1.46. The zero-order valence-corrected chi connectivity index (χ0v) is 15.5. The highest BCUT2D eigenvalue weighted by Crippen LogP contribution is 2.16. The zero-order chi connectivity index (χ0) is 15.5. The van der Waals surface area contributed by atoms with Crippen molar-refractivity contribution in [2.24, 2.45) is 0 Å². The van der Waals surface area contributed by atoms with E-state index in [1.54, 1.807) is 0 Å². The van der Waals surface area contributed by atoms with Crippen LogP contribution in [0.3, 0.4) is 0 Å². The van der Waals surface area contributed by atoms with E-state index in [1.165, 1.54) is 51.0 Å². The van der Waals surface area contributed by atoms with E-state index < -0.39 is 18.2 Å². The molecular weight excluding hydrogens is 288 g/mol. The quantitative estimate of drug-likeness (QED) is 0.291. The molecule has 20 heavy (non-hydrogen) atoms. The Balaban J connectivity index is 3.14. The van der Waals surface area contributed by atoms with Crippen molar-refractivity contribution in [3.63, 3.8) is 0 Å². The van der Waals surface area contributed by atoms with Crippen LogP contribution in [0.4, 0.5) is 0 Å². The molecule has 0 saturated carbocycles. The van der Waals surface area contributed by atoms with Crippen LogP contribution < -0.4 is 0 Å². The normalized spacial score (nSPS) is 12.8. The minimum Gasteiger partial charge on any atom is -0.286 e. The maximum absolute atomic E-state index is 10.5. The Labute approximate surface area is 127 Å². The molecule has 0 aliphatic rings. The molecule has 0 rings (SSSR count). The summed E-state index contributed by atoms with van der Waals surface area (Å²) in [5, 5.41) is 0. The molecule has 0 bridgehead atoms. The van der Waals surface area contributed by atoms with E-state index in [4.69, 9.17) is 4.55 Å². The summed E-state index contributed by atoms with van der Waals surface area (Å²) in [6.45, 7) is 7.32. The lowest BCUT2D eigenvalue weighted by molar-refractivity contribution is 0.478. The maximum atomic E-state index is 10.5. The van der Waals surface area contributed by atoms with E-state index in [1.807, 2.05) is 0 Å². The van der Waals surface area contributed by atoms with Crippen molar-refractivity contribution < 1.29 is 13.0 Å². The third-order valence-electron chi connectivity index (χ3n) is 3.58. The number of hydrogen-bond donors (Lipinski definition) is 1. The molecule has 122 valence electrons. The van der Waals surface area contributed by atoms with Gasteiger partial charge in [-0.05, 0) is 6.42 Å². The lowest BCUT2D eigenvalue weighted by Crippen LogP contribution is -2.18. The van der Waals surface area contributed by atoms with Gasteiger partial charge < -0.3 is 0 Å². The molecule has 0 atom stereocenters. The van der Waals surface area contributed by atoms with Crippen LogP contribution in [0.5, 0.6) is 0 Å². The van der Waals surface area contributed by atoms with Crippen LogP contribution in [0.15, 0.2) is 0 Å². The molecule has 0 heterocycles. The summed E-state index contributed by atoms with van der Waals surface area (Å²) in [6.07, 6.45) is 11.9. The van der Waals surface area contributed by atoms with Gasteiger partial charge in [0.1, 0.15) is 0 Å². The number of unbranched alkanes of at least 4 members (excludes halogenated alkanes) is 9. The monoisotopic (exact) mass is 322 g/mol.